The Hall–Kier alpha value is -1.85. The van der Waals surface area contributed by atoms with E-state index in [-0.39, 0.29) is 12.3 Å². The Morgan fingerprint density at radius 2 is 2.12 bits per heavy atom. The SMILES string of the molecule is CC[C@@H](NC(=O)Cc1c(C)noc1C)C(=O)O. The molecule has 0 aliphatic rings. The highest BCUT2D eigenvalue weighted by atomic mass is 16.5. The first kappa shape index (κ1) is 13.2. The van der Waals surface area contributed by atoms with Crippen molar-refractivity contribution in [1.82, 2.24) is 10.5 Å². The number of hydrogen-bond donors (Lipinski definition) is 2. The minimum atomic E-state index is -1.03. The summed E-state index contributed by atoms with van der Waals surface area (Å²) in [4.78, 5) is 22.4. The standard InChI is InChI=1S/C11H16N2O4/c1-4-9(11(15)16)12-10(14)5-8-6(2)13-17-7(8)3/h9H,4-5H2,1-3H3,(H,12,14)(H,15,16)/t9-/m1/s1. The minimum absolute atomic E-state index is 0.0882. The van der Waals surface area contributed by atoms with Crippen LogP contribution in [0.2, 0.25) is 0 Å². The van der Waals surface area contributed by atoms with Gasteiger partial charge in [0.1, 0.15) is 11.8 Å². The van der Waals surface area contributed by atoms with Crippen molar-refractivity contribution in [2.24, 2.45) is 0 Å². The fourth-order valence-corrected chi connectivity index (χ4v) is 1.50. The summed E-state index contributed by atoms with van der Waals surface area (Å²) in [5.74, 6) is -0.783. The van der Waals surface area contributed by atoms with E-state index in [2.05, 4.69) is 10.5 Å². The lowest BCUT2D eigenvalue weighted by Crippen LogP contribution is -2.41. The quantitative estimate of drug-likeness (QED) is 0.794. The maximum absolute atomic E-state index is 11.6. The van der Waals surface area contributed by atoms with Gasteiger partial charge in [0.2, 0.25) is 5.91 Å². The van der Waals surface area contributed by atoms with Gasteiger partial charge in [0.05, 0.1) is 12.1 Å². The van der Waals surface area contributed by atoms with Crippen LogP contribution in [0, 0.1) is 13.8 Å². The lowest BCUT2D eigenvalue weighted by Gasteiger charge is -2.11. The maximum atomic E-state index is 11.6. The van der Waals surface area contributed by atoms with Crippen molar-refractivity contribution in [3.05, 3.63) is 17.0 Å². The van der Waals surface area contributed by atoms with E-state index in [1.165, 1.54) is 0 Å². The maximum Gasteiger partial charge on any atom is 0.326 e. The van der Waals surface area contributed by atoms with E-state index in [1.807, 2.05) is 0 Å². The highest BCUT2D eigenvalue weighted by Gasteiger charge is 2.19. The number of aromatic nitrogens is 1. The average molecular weight is 240 g/mol. The number of carbonyl (C=O) groups is 2. The Kier molecular flexibility index (Phi) is 4.25. The van der Waals surface area contributed by atoms with Crippen LogP contribution >= 0.6 is 0 Å². The summed E-state index contributed by atoms with van der Waals surface area (Å²) in [5.41, 5.74) is 1.36. The molecule has 6 heteroatoms. The molecular formula is C11H16N2O4. The van der Waals surface area contributed by atoms with Crippen LogP contribution in [-0.4, -0.2) is 28.2 Å². The molecule has 94 valence electrons. The van der Waals surface area contributed by atoms with Crippen molar-refractivity contribution < 1.29 is 19.2 Å². The van der Waals surface area contributed by atoms with E-state index in [9.17, 15) is 9.59 Å². The van der Waals surface area contributed by atoms with Gasteiger partial charge in [-0.25, -0.2) is 4.79 Å². The molecule has 1 atom stereocenters. The van der Waals surface area contributed by atoms with Crippen molar-refractivity contribution in [3.8, 4) is 0 Å². The average Bonchev–Trinajstić information content (AvgIpc) is 2.57. The van der Waals surface area contributed by atoms with Gasteiger partial charge in [-0.15, -0.1) is 0 Å². The predicted octanol–water partition coefficient (Wildman–Crippen LogP) is 0.813. The summed E-state index contributed by atoms with van der Waals surface area (Å²) in [7, 11) is 0. The number of nitrogens with one attached hydrogen (secondary N) is 1. The number of carboxylic acid groups (broad SMARTS) is 1. The molecule has 6 nitrogen and oxygen atoms in total. The number of amides is 1. The van der Waals surface area contributed by atoms with Gasteiger partial charge in [0.25, 0.3) is 0 Å². The van der Waals surface area contributed by atoms with E-state index < -0.39 is 12.0 Å². The van der Waals surface area contributed by atoms with E-state index in [4.69, 9.17) is 9.63 Å². The Morgan fingerprint density at radius 3 is 2.53 bits per heavy atom. The number of carbonyl (C=O) groups excluding carboxylic acids is 1. The monoisotopic (exact) mass is 240 g/mol. The van der Waals surface area contributed by atoms with Crippen LogP contribution in [0.4, 0.5) is 0 Å². The largest absolute Gasteiger partial charge is 0.480 e. The molecule has 17 heavy (non-hydrogen) atoms. The number of nitrogens with zero attached hydrogens (tertiary/aromatic N) is 1. The normalized spacial score (nSPS) is 12.2. The third-order valence-electron chi connectivity index (χ3n) is 2.56. The molecule has 0 bridgehead atoms. The number of carboxylic acids is 1. The number of hydrogen-bond acceptors (Lipinski definition) is 4. The van der Waals surface area contributed by atoms with Gasteiger partial charge >= 0.3 is 5.97 Å². The van der Waals surface area contributed by atoms with Gasteiger partial charge < -0.3 is 14.9 Å². The highest BCUT2D eigenvalue weighted by Crippen LogP contribution is 2.12. The Balaban J connectivity index is 2.64. The lowest BCUT2D eigenvalue weighted by atomic mass is 10.1. The zero-order chi connectivity index (χ0) is 13.0. The molecule has 1 amide bonds. The molecule has 1 aromatic rings. The number of rotatable bonds is 5. The second-order valence-corrected chi connectivity index (χ2v) is 3.85. The minimum Gasteiger partial charge on any atom is -0.480 e. The van der Waals surface area contributed by atoms with Crippen molar-refractivity contribution in [2.45, 2.75) is 39.7 Å². The summed E-state index contributed by atoms with van der Waals surface area (Å²) in [6.45, 7) is 5.17. The Morgan fingerprint density at radius 1 is 1.47 bits per heavy atom. The number of aliphatic carboxylic acids is 1. The van der Waals surface area contributed by atoms with Crippen LogP contribution in [0.3, 0.4) is 0 Å². The van der Waals surface area contributed by atoms with Gasteiger partial charge in [-0.2, -0.15) is 0 Å². The summed E-state index contributed by atoms with van der Waals surface area (Å²) in [5, 5.41) is 15.0. The van der Waals surface area contributed by atoms with Crippen molar-refractivity contribution in [2.75, 3.05) is 0 Å². The Labute approximate surface area is 99.0 Å². The van der Waals surface area contributed by atoms with Crippen LogP contribution in [0.1, 0.15) is 30.4 Å². The topological polar surface area (TPSA) is 92.4 Å². The van der Waals surface area contributed by atoms with Crippen molar-refractivity contribution in [3.63, 3.8) is 0 Å². The lowest BCUT2D eigenvalue weighted by molar-refractivity contribution is -0.141. The summed E-state index contributed by atoms with van der Waals surface area (Å²) >= 11 is 0. The van der Waals surface area contributed by atoms with E-state index in [0.717, 1.165) is 0 Å². The molecule has 0 fully saturated rings. The molecule has 1 aromatic heterocycles. The second kappa shape index (κ2) is 5.47. The molecule has 0 saturated heterocycles. The van der Waals surface area contributed by atoms with Gasteiger partial charge in [0.15, 0.2) is 0 Å². The third kappa shape index (κ3) is 3.30. The molecule has 0 spiro atoms. The molecule has 1 heterocycles. The van der Waals surface area contributed by atoms with E-state index in [0.29, 0.717) is 23.4 Å². The molecule has 2 N–H and O–H groups in total. The molecular weight excluding hydrogens is 224 g/mol. The first-order valence-corrected chi connectivity index (χ1v) is 5.39. The first-order chi connectivity index (χ1) is 7.95. The van der Waals surface area contributed by atoms with Crippen molar-refractivity contribution in [1.29, 1.82) is 0 Å². The van der Waals surface area contributed by atoms with Crippen LogP contribution in [0.5, 0.6) is 0 Å². The molecule has 1 rings (SSSR count). The summed E-state index contributed by atoms with van der Waals surface area (Å²) < 4.78 is 4.93. The Bertz CT molecular complexity index is 406. The fourth-order valence-electron chi connectivity index (χ4n) is 1.50. The fraction of sp³-hybridized carbons (Fsp3) is 0.545. The van der Waals surface area contributed by atoms with Gasteiger partial charge in [0, 0.05) is 5.56 Å². The molecule has 0 aliphatic carbocycles. The molecule has 0 radical (unpaired) electrons. The zero-order valence-electron chi connectivity index (χ0n) is 10.1. The molecule has 0 saturated carbocycles. The van der Waals surface area contributed by atoms with Crippen molar-refractivity contribution >= 4 is 11.9 Å². The second-order valence-electron chi connectivity index (χ2n) is 3.85. The van der Waals surface area contributed by atoms with Crippen LogP contribution in [0.25, 0.3) is 0 Å². The smallest absolute Gasteiger partial charge is 0.326 e. The van der Waals surface area contributed by atoms with Crippen LogP contribution in [0.15, 0.2) is 4.52 Å². The van der Waals surface area contributed by atoms with Gasteiger partial charge in [-0.05, 0) is 20.3 Å². The predicted molar refractivity (Wildman–Crippen MR) is 59.5 cm³/mol. The molecule has 0 aliphatic heterocycles. The zero-order valence-corrected chi connectivity index (χ0v) is 10.1. The molecule has 0 unspecified atom stereocenters. The summed E-state index contributed by atoms with van der Waals surface area (Å²) in [6, 6.07) is -0.844. The van der Waals surface area contributed by atoms with E-state index in [1.54, 1.807) is 20.8 Å². The van der Waals surface area contributed by atoms with Gasteiger partial charge in [-0.1, -0.05) is 12.1 Å². The van der Waals surface area contributed by atoms with Crippen LogP contribution < -0.4 is 5.32 Å². The van der Waals surface area contributed by atoms with Crippen LogP contribution in [-0.2, 0) is 16.0 Å². The molecule has 0 aromatic carbocycles. The summed E-state index contributed by atoms with van der Waals surface area (Å²) in [6.07, 6.45) is 0.438. The van der Waals surface area contributed by atoms with Gasteiger partial charge in [-0.3, -0.25) is 4.79 Å². The third-order valence-corrected chi connectivity index (χ3v) is 2.56. The first-order valence-electron chi connectivity index (χ1n) is 5.39. The number of aryl methyl sites for hydroxylation is 2. The highest BCUT2D eigenvalue weighted by molar-refractivity contribution is 5.85. The van der Waals surface area contributed by atoms with E-state index >= 15 is 0 Å².